The molecule has 3 aromatic rings. The van der Waals surface area contributed by atoms with Crippen LogP contribution in [0.1, 0.15) is 32.3 Å². The van der Waals surface area contributed by atoms with Crippen LogP contribution in [0, 0.1) is 23.6 Å². The molecule has 5 unspecified atom stereocenters. The van der Waals surface area contributed by atoms with E-state index in [-0.39, 0.29) is 60.2 Å². The fourth-order valence-corrected chi connectivity index (χ4v) is 8.12. The Labute approximate surface area is 254 Å². The van der Waals surface area contributed by atoms with Crippen LogP contribution in [0.5, 0.6) is 0 Å². The highest BCUT2D eigenvalue weighted by Gasteiger charge is 2.53. The molecule has 44 heavy (non-hydrogen) atoms. The summed E-state index contributed by atoms with van der Waals surface area (Å²) in [6.07, 6.45) is -1.62. The summed E-state index contributed by atoms with van der Waals surface area (Å²) in [5.74, 6) is -0.282. The summed E-state index contributed by atoms with van der Waals surface area (Å²) >= 11 is 0. The number of amides is 1. The molecule has 1 amide bonds. The fraction of sp³-hybridized carbons (Fsp3) is 0.533. The van der Waals surface area contributed by atoms with E-state index >= 15 is 0 Å². The van der Waals surface area contributed by atoms with Crippen LogP contribution in [0.2, 0.25) is 0 Å². The molecule has 238 valence electrons. The Morgan fingerprint density at radius 1 is 1.20 bits per heavy atom. The molecule has 2 aliphatic heterocycles. The van der Waals surface area contributed by atoms with Crippen molar-refractivity contribution in [2.24, 2.45) is 17.8 Å². The molecular weight excluding hydrogens is 595 g/mol. The number of hydrogen-bond donors (Lipinski definition) is 3. The first-order valence-electron chi connectivity index (χ1n) is 14.8. The first kappa shape index (κ1) is 30.7. The van der Waals surface area contributed by atoms with Crippen LogP contribution < -0.4 is 11.1 Å². The highest BCUT2D eigenvalue weighted by Crippen LogP contribution is 2.46. The maximum atomic E-state index is 14.1. The second-order valence-corrected chi connectivity index (χ2v) is 14.2. The first-order valence-corrected chi connectivity index (χ1v) is 16.2. The van der Waals surface area contributed by atoms with E-state index in [2.05, 4.69) is 10.3 Å². The minimum Gasteiger partial charge on any atom is -0.443 e. The lowest BCUT2D eigenvalue weighted by Gasteiger charge is -2.37. The number of oxazole rings is 1. The maximum Gasteiger partial charge on any atom is 0.407 e. The quantitative estimate of drug-likeness (QED) is 0.286. The van der Waals surface area contributed by atoms with Gasteiger partial charge in [-0.2, -0.15) is 9.29 Å². The number of fused-ring (bicyclic) bond motifs is 3. The molecule has 2 aromatic carbocycles. The number of aliphatic hydroxyl groups is 1. The molecule has 3 aliphatic rings. The number of aromatic nitrogens is 1. The van der Waals surface area contributed by atoms with Gasteiger partial charge < -0.3 is 34.8 Å². The Morgan fingerprint density at radius 2 is 2.02 bits per heavy atom. The molecule has 7 atom stereocenters. The number of nitrogens with zero attached hydrogens (tertiary/aromatic N) is 2. The minimum absolute atomic E-state index is 0.00132. The van der Waals surface area contributed by atoms with Gasteiger partial charge in [-0.05, 0) is 55.0 Å². The van der Waals surface area contributed by atoms with Crippen LogP contribution >= 0.6 is 0 Å². The van der Waals surface area contributed by atoms with Crippen molar-refractivity contribution >= 4 is 33.2 Å². The van der Waals surface area contributed by atoms with Crippen LogP contribution in [0.4, 0.5) is 15.2 Å². The Kier molecular flexibility index (Phi) is 8.54. The molecule has 14 heteroatoms. The number of carbonyl (C=O) groups excluding carboxylic acids is 1. The molecule has 1 saturated carbocycles. The van der Waals surface area contributed by atoms with E-state index in [1.54, 1.807) is 6.07 Å². The predicted molar refractivity (Wildman–Crippen MR) is 156 cm³/mol. The molecule has 0 radical (unpaired) electrons. The number of nitrogens with one attached hydrogen (secondary N) is 1. The van der Waals surface area contributed by atoms with E-state index in [0.717, 1.165) is 12.8 Å². The molecular formula is C30H37FN4O8S. The number of aliphatic hydroxyl groups excluding tert-OH is 1. The molecule has 2 saturated heterocycles. The summed E-state index contributed by atoms with van der Waals surface area (Å²) < 4.78 is 65.8. The zero-order valence-electron chi connectivity index (χ0n) is 24.5. The largest absolute Gasteiger partial charge is 0.443 e. The van der Waals surface area contributed by atoms with Gasteiger partial charge in [-0.3, -0.25) is 0 Å². The third-order valence-electron chi connectivity index (χ3n) is 8.47. The highest BCUT2D eigenvalue weighted by molar-refractivity contribution is 7.89. The monoisotopic (exact) mass is 632 g/mol. The van der Waals surface area contributed by atoms with E-state index in [1.807, 2.05) is 13.8 Å². The highest BCUT2D eigenvalue weighted by atomic mass is 32.2. The number of anilines is 1. The lowest BCUT2D eigenvalue weighted by atomic mass is 9.78. The third-order valence-corrected chi connectivity index (χ3v) is 10.3. The molecule has 6 rings (SSSR count). The average molecular weight is 633 g/mol. The van der Waals surface area contributed by atoms with Gasteiger partial charge in [0.1, 0.15) is 17.4 Å². The second-order valence-electron chi connectivity index (χ2n) is 12.3. The Morgan fingerprint density at radius 3 is 2.80 bits per heavy atom. The Balaban J connectivity index is 1.22. The van der Waals surface area contributed by atoms with Crippen molar-refractivity contribution in [3.63, 3.8) is 0 Å². The standard InChI is InChI=1S/C30H37FN4O8S/c1-16(2)13-35(44(38,39)21-6-7-22-25(12-21)42-29(32)33-22)14-24(36)23(9-17-4-3-5-20(31)8-17)34-30(37)43-27-19-10-18-11-26(27)41-28(18)40-15-19/h3-8,12,16,18-19,23-24,26-28,36H,9-11,13-15H2,1-2H3,(H2,32,33)(H,34,37)/t18?,19?,23-,24+,26?,27?,28?/m0/s1. The van der Waals surface area contributed by atoms with Gasteiger partial charge in [-0.15, -0.1) is 0 Å². The van der Waals surface area contributed by atoms with E-state index in [1.165, 1.54) is 40.7 Å². The summed E-state index contributed by atoms with van der Waals surface area (Å²) in [6.45, 7) is 3.86. The molecule has 3 bridgehead atoms. The molecule has 3 heterocycles. The summed E-state index contributed by atoms with van der Waals surface area (Å²) in [5.41, 5.74) is 6.75. The number of rotatable bonds is 11. The predicted octanol–water partition coefficient (Wildman–Crippen LogP) is 3.04. The summed E-state index contributed by atoms with van der Waals surface area (Å²) in [4.78, 5) is 17.2. The summed E-state index contributed by atoms with van der Waals surface area (Å²) in [6, 6.07) is 8.92. The molecule has 1 aliphatic carbocycles. The number of halogens is 1. The van der Waals surface area contributed by atoms with Crippen LogP contribution in [-0.4, -0.2) is 79.2 Å². The minimum atomic E-state index is -4.14. The average Bonchev–Trinajstić information content (AvgIpc) is 3.48. The fourth-order valence-electron chi connectivity index (χ4n) is 6.48. The number of sulfonamides is 1. The van der Waals surface area contributed by atoms with Gasteiger partial charge in [0.05, 0.1) is 29.8 Å². The molecule has 1 aromatic heterocycles. The number of carbonyl (C=O) groups is 1. The Hall–Kier alpha value is -3.30. The van der Waals surface area contributed by atoms with Crippen molar-refractivity contribution in [1.82, 2.24) is 14.6 Å². The van der Waals surface area contributed by atoms with Crippen LogP contribution in [0.3, 0.4) is 0 Å². The lowest BCUT2D eigenvalue weighted by molar-refractivity contribution is -0.153. The summed E-state index contributed by atoms with van der Waals surface area (Å²) in [7, 11) is -4.14. The zero-order chi connectivity index (χ0) is 31.2. The van der Waals surface area contributed by atoms with Crippen LogP contribution in [-0.2, 0) is 30.7 Å². The van der Waals surface area contributed by atoms with Gasteiger partial charge >= 0.3 is 6.09 Å². The number of nitrogens with two attached hydrogens (primary N) is 1. The van der Waals surface area contributed by atoms with Gasteiger partial charge in [0.25, 0.3) is 6.01 Å². The number of nitrogen functional groups attached to an aromatic ring is 1. The van der Waals surface area contributed by atoms with E-state index < -0.39 is 40.2 Å². The van der Waals surface area contributed by atoms with Gasteiger partial charge in [0.15, 0.2) is 11.9 Å². The molecule has 0 spiro atoms. The molecule has 4 N–H and O–H groups in total. The van der Waals surface area contributed by atoms with E-state index in [4.69, 9.17) is 24.4 Å². The van der Waals surface area contributed by atoms with Gasteiger partial charge in [0, 0.05) is 31.0 Å². The molecule has 12 nitrogen and oxygen atoms in total. The number of alkyl carbamates (subject to hydrolysis) is 1. The van der Waals surface area contributed by atoms with Gasteiger partial charge in [0.2, 0.25) is 10.0 Å². The number of hydrogen-bond acceptors (Lipinski definition) is 10. The van der Waals surface area contributed by atoms with Gasteiger partial charge in [-0.1, -0.05) is 26.0 Å². The van der Waals surface area contributed by atoms with Crippen molar-refractivity contribution in [2.75, 3.05) is 25.4 Å². The Bertz CT molecular complexity index is 1610. The zero-order valence-corrected chi connectivity index (χ0v) is 25.3. The maximum absolute atomic E-state index is 14.1. The number of ether oxygens (including phenoxy) is 3. The lowest BCUT2D eigenvalue weighted by Crippen LogP contribution is -2.53. The van der Waals surface area contributed by atoms with E-state index in [9.17, 15) is 22.7 Å². The van der Waals surface area contributed by atoms with Gasteiger partial charge in [-0.25, -0.2) is 17.6 Å². The van der Waals surface area contributed by atoms with Crippen molar-refractivity contribution < 1.29 is 41.3 Å². The van der Waals surface area contributed by atoms with E-state index in [0.29, 0.717) is 23.6 Å². The molecule has 3 fully saturated rings. The van der Waals surface area contributed by atoms with Crippen molar-refractivity contribution in [3.05, 3.63) is 53.8 Å². The van der Waals surface area contributed by atoms with Crippen molar-refractivity contribution in [2.45, 2.75) is 68.6 Å². The normalized spacial score (nSPS) is 25.9. The van der Waals surface area contributed by atoms with Crippen LogP contribution in [0.15, 0.2) is 51.8 Å². The summed E-state index contributed by atoms with van der Waals surface area (Å²) in [5, 5.41) is 14.2. The van der Waals surface area contributed by atoms with Crippen molar-refractivity contribution in [1.29, 1.82) is 0 Å². The first-order chi connectivity index (χ1) is 21.0. The second kappa shape index (κ2) is 12.2. The topological polar surface area (TPSA) is 166 Å². The van der Waals surface area contributed by atoms with Crippen LogP contribution in [0.25, 0.3) is 11.1 Å². The SMILES string of the molecule is CC(C)CN(C[C@@H](O)[C@H](Cc1cccc(F)c1)NC(=O)OC1C2COC3OC1CC3C2)S(=O)(=O)c1ccc2nc(N)oc2c1. The number of benzene rings is 2. The third kappa shape index (κ3) is 6.40. The smallest absolute Gasteiger partial charge is 0.407 e. The van der Waals surface area contributed by atoms with Crippen molar-refractivity contribution in [3.8, 4) is 0 Å².